The molecule has 0 bridgehead atoms. The summed E-state index contributed by atoms with van der Waals surface area (Å²) in [5, 5.41) is 0. The fourth-order valence-corrected chi connectivity index (χ4v) is 2.30. The fourth-order valence-electron chi connectivity index (χ4n) is 1.92. The van der Waals surface area contributed by atoms with Crippen LogP contribution in [0, 0.1) is 0 Å². The number of rotatable bonds is 5. The van der Waals surface area contributed by atoms with Gasteiger partial charge in [0.05, 0.1) is 12.7 Å². The topological polar surface area (TPSA) is 76.7 Å². The number of hydrazine groups is 1. The number of nitrogens with one attached hydrogen (secondary N) is 2. The lowest BCUT2D eigenvalue weighted by Crippen LogP contribution is -2.47. The highest BCUT2D eigenvalue weighted by molar-refractivity contribution is 9.10. The Balaban J connectivity index is 1.91. The number of carbonyl (C=O) groups excluding carboxylic acids is 2. The molecule has 6 nitrogen and oxygen atoms in total. The summed E-state index contributed by atoms with van der Waals surface area (Å²) in [5.74, 6) is 0.0134. The average Bonchev–Trinajstić information content (AvgIpc) is 2.59. The fraction of sp³-hybridized carbons (Fsp3) is 0.176. The molecule has 1 atom stereocenters. The molecule has 0 fully saturated rings. The van der Waals surface area contributed by atoms with E-state index in [0.29, 0.717) is 17.1 Å². The summed E-state index contributed by atoms with van der Waals surface area (Å²) >= 11 is 3.33. The Bertz CT molecular complexity index is 736. The number of amides is 2. The molecule has 2 N–H and O–H groups in total. The summed E-state index contributed by atoms with van der Waals surface area (Å²) in [6.45, 7) is 1.59. The number of methoxy groups -OCH3 is 1. The van der Waals surface area contributed by atoms with Crippen LogP contribution >= 0.6 is 15.9 Å². The van der Waals surface area contributed by atoms with Gasteiger partial charge in [-0.15, -0.1) is 0 Å². The minimum atomic E-state index is -0.780. The van der Waals surface area contributed by atoms with Gasteiger partial charge < -0.3 is 9.47 Å². The van der Waals surface area contributed by atoms with Crippen LogP contribution in [0.3, 0.4) is 0 Å². The second kappa shape index (κ2) is 8.35. The number of ether oxygens (including phenoxy) is 2. The molecule has 0 aliphatic heterocycles. The van der Waals surface area contributed by atoms with Crippen molar-refractivity contribution in [1.82, 2.24) is 10.9 Å². The van der Waals surface area contributed by atoms with E-state index >= 15 is 0 Å². The molecule has 0 saturated heterocycles. The van der Waals surface area contributed by atoms with E-state index in [1.54, 1.807) is 49.4 Å². The average molecular weight is 393 g/mol. The molecule has 0 aliphatic carbocycles. The van der Waals surface area contributed by atoms with E-state index in [1.807, 2.05) is 6.07 Å². The summed E-state index contributed by atoms with van der Waals surface area (Å²) in [6, 6.07) is 13.9. The monoisotopic (exact) mass is 392 g/mol. The Morgan fingerprint density at radius 1 is 1.08 bits per heavy atom. The van der Waals surface area contributed by atoms with Crippen LogP contribution in [0.1, 0.15) is 17.3 Å². The lowest BCUT2D eigenvalue weighted by atomic mass is 10.2. The van der Waals surface area contributed by atoms with Gasteiger partial charge in [0.25, 0.3) is 11.8 Å². The van der Waals surface area contributed by atoms with Gasteiger partial charge in [0, 0.05) is 4.47 Å². The van der Waals surface area contributed by atoms with Crippen molar-refractivity contribution in [2.75, 3.05) is 7.11 Å². The molecule has 0 aliphatic rings. The van der Waals surface area contributed by atoms with Crippen molar-refractivity contribution >= 4 is 27.7 Å². The first-order chi connectivity index (χ1) is 11.5. The van der Waals surface area contributed by atoms with E-state index in [0.717, 1.165) is 4.47 Å². The molecule has 0 heterocycles. The van der Waals surface area contributed by atoms with Gasteiger partial charge in [-0.25, -0.2) is 0 Å². The third-order valence-electron chi connectivity index (χ3n) is 3.13. The van der Waals surface area contributed by atoms with E-state index in [9.17, 15) is 9.59 Å². The van der Waals surface area contributed by atoms with Crippen molar-refractivity contribution in [3.63, 3.8) is 0 Å². The molecule has 2 amide bonds. The molecule has 0 saturated carbocycles. The largest absolute Gasteiger partial charge is 0.496 e. The molecule has 0 aromatic heterocycles. The molecule has 2 rings (SSSR count). The van der Waals surface area contributed by atoms with Crippen molar-refractivity contribution in [3.05, 3.63) is 58.6 Å². The van der Waals surface area contributed by atoms with Gasteiger partial charge >= 0.3 is 0 Å². The smallest absolute Gasteiger partial charge is 0.279 e. The van der Waals surface area contributed by atoms with E-state index < -0.39 is 17.9 Å². The van der Waals surface area contributed by atoms with Crippen LogP contribution in [0.4, 0.5) is 0 Å². The number of para-hydroxylation sites is 1. The Kier molecular flexibility index (Phi) is 6.20. The molecule has 24 heavy (non-hydrogen) atoms. The van der Waals surface area contributed by atoms with Crippen LogP contribution in [-0.4, -0.2) is 25.0 Å². The van der Waals surface area contributed by atoms with Gasteiger partial charge in [-0.3, -0.25) is 20.4 Å². The second-order valence-electron chi connectivity index (χ2n) is 4.86. The van der Waals surface area contributed by atoms with Crippen LogP contribution in [0.5, 0.6) is 11.5 Å². The highest BCUT2D eigenvalue weighted by atomic mass is 79.9. The summed E-state index contributed by atoms with van der Waals surface area (Å²) in [6.07, 6.45) is -0.780. The minimum absolute atomic E-state index is 0.320. The maximum atomic E-state index is 12.1. The molecular weight excluding hydrogens is 376 g/mol. The molecule has 0 radical (unpaired) electrons. The predicted molar refractivity (Wildman–Crippen MR) is 92.8 cm³/mol. The number of halogens is 1. The van der Waals surface area contributed by atoms with Crippen molar-refractivity contribution in [2.24, 2.45) is 0 Å². The minimum Gasteiger partial charge on any atom is -0.496 e. The quantitative estimate of drug-likeness (QED) is 0.766. The molecule has 126 valence electrons. The Labute approximate surface area is 148 Å². The van der Waals surface area contributed by atoms with Crippen LogP contribution in [-0.2, 0) is 4.79 Å². The lowest BCUT2D eigenvalue weighted by Gasteiger charge is -2.15. The molecule has 2 aromatic carbocycles. The van der Waals surface area contributed by atoms with Crippen molar-refractivity contribution in [3.8, 4) is 11.5 Å². The summed E-state index contributed by atoms with van der Waals surface area (Å²) in [5.41, 5.74) is 5.00. The molecule has 2 aromatic rings. The predicted octanol–water partition coefficient (Wildman–Crippen LogP) is 2.69. The zero-order valence-electron chi connectivity index (χ0n) is 13.2. The number of carbonyl (C=O) groups is 2. The molecule has 1 unspecified atom stereocenters. The first-order valence-electron chi connectivity index (χ1n) is 7.16. The van der Waals surface area contributed by atoms with Gasteiger partial charge in [0.2, 0.25) is 0 Å². The second-order valence-corrected chi connectivity index (χ2v) is 5.78. The van der Waals surface area contributed by atoms with Crippen LogP contribution in [0.25, 0.3) is 0 Å². The van der Waals surface area contributed by atoms with E-state index in [-0.39, 0.29) is 0 Å². The van der Waals surface area contributed by atoms with E-state index in [2.05, 4.69) is 26.8 Å². The standard InChI is InChI=1S/C17H17BrN2O4/c1-11(24-13-7-5-6-12(18)10-13)16(21)19-20-17(22)14-8-3-4-9-15(14)23-2/h3-11H,1-2H3,(H,19,21)(H,20,22). The Hall–Kier alpha value is -2.54. The van der Waals surface area contributed by atoms with Crippen LogP contribution in [0.2, 0.25) is 0 Å². The van der Waals surface area contributed by atoms with Gasteiger partial charge in [-0.05, 0) is 37.3 Å². The van der Waals surface area contributed by atoms with Crippen molar-refractivity contribution in [1.29, 1.82) is 0 Å². The zero-order valence-corrected chi connectivity index (χ0v) is 14.8. The van der Waals surface area contributed by atoms with Gasteiger partial charge in [-0.1, -0.05) is 34.1 Å². The molecule has 7 heteroatoms. The van der Waals surface area contributed by atoms with E-state index in [4.69, 9.17) is 9.47 Å². The summed E-state index contributed by atoms with van der Waals surface area (Å²) in [4.78, 5) is 24.1. The Morgan fingerprint density at radius 3 is 2.54 bits per heavy atom. The van der Waals surface area contributed by atoms with Gasteiger partial charge in [0.1, 0.15) is 11.5 Å². The van der Waals surface area contributed by atoms with Crippen LogP contribution < -0.4 is 20.3 Å². The molecular formula is C17H17BrN2O4. The van der Waals surface area contributed by atoms with Crippen molar-refractivity contribution < 1.29 is 19.1 Å². The molecule has 0 spiro atoms. The normalized spacial score (nSPS) is 11.3. The highest BCUT2D eigenvalue weighted by Crippen LogP contribution is 2.19. The van der Waals surface area contributed by atoms with Gasteiger partial charge in [0.15, 0.2) is 6.10 Å². The summed E-state index contributed by atoms with van der Waals surface area (Å²) in [7, 11) is 1.47. The maximum Gasteiger partial charge on any atom is 0.279 e. The number of benzene rings is 2. The number of hydrogen-bond acceptors (Lipinski definition) is 4. The Morgan fingerprint density at radius 2 is 1.83 bits per heavy atom. The first-order valence-corrected chi connectivity index (χ1v) is 7.96. The maximum absolute atomic E-state index is 12.1. The SMILES string of the molecule is COc1ccccc1C(=O)NNC(=O)C(C)Oc1cccc(Br)c1. The number of hydrogen-bond donors (Lipinski definition) is 2. The lowest BCUT2D eigenvalue weighted by molar-refractivity contribution is -0.128. The third kappa shape index (κ3) is 4.73. The van der Waals surface area contributed by atoms with E-state index in [1.165, 1.54) is 7.11 Å². The third-order valence-corrected chi connectivity index (χ3v) is 3.62. The summed E-state index contributed by atoms with van der Waals surface area (Å²) < 4.78 is 11.5. The first kappa shape index (κ1) is 17.8. The van der Waals surface area contributed by atoms with Crippen LogP contribution in [0.15, 0.2) is 53.0 Å². The zero-order chi connectivity index (χ0) is 17.5. The van der Waals surface area contributed by atoms with Gasteiger partial charge in [-0.2, -0.15) is 0 Å². The van der Waals surface area contributed by atoms with Crippen molar-refractivity contribution in [2.45, 2.75) is 13.0 Å². The highest BCUT2D eigenvalue weighted by Gasteiger charge is 2.17.